The highest BCUT2D eigenvalue weighted by atomic mass is 32.2. The van der Waals surface area contributed by atoms with Crippen LogP contribution in [0, 0.1) is 29.2 Å². The zero-order chi connectivity index (χ0) is 22.6. The third-order valence-corrected chi connectivity index (χ3v) is 5.56. The highest BCUT2D eigenvalue weighted by Gasteiger charge is 2.25. The molecule has 1 amide bonds. The van der Waals surface area contributed by atoms with Gasteiger partial charge in [0, 0.05) is 29.4 Å². The number of nitrogens with one attached hydrogen (secondary N) is 2. The minimum atomic E-state index is -4.43. The highest BCUT2D eigenvalue weighted by molar-refractivity contribution is 7.89. The van der Waals surface area contributed by atoms with Crippen molar-refractivity contribution in [1.82, 2.24) is 4.72 Å². The van der Waals surface area contributed by atoms with Gasteiger partial charge in [-0.05, 0) is 30.5 Å². The van der Waals surface area contributed by atoms with Crippen LogP contribution in [0.3, 0.4) is 0 Å². The van der Waals surface area contributed by atoms with Gasteiger partial charge in [0.25, 0.3) is 5.91 Å². The van der Waals surface area contributed by atoms with Gasteiger partial charge in [-0.3, -0.25) is 4.79 Å². The fourth-order valence-corrected chi connectivity index (χ4v) is 4.04. The maximum atomic E-state index is 14.2. The number of carbonyl (C=O) groups is 1. The van der Waals surface area contributed by atoms with Gasteiger partial charge in [0.1, 0.15) is 10.7 Å². The van der Waals surface area contributed by atoms with E-state index in [0.717, 1.165) is 18.2 Å². The maximum absolute atomic E-state index is 14.2. The summed E-state index contributed by atoms with van der Waals surface area (Å²) < 4.78 is 81.0. The van der Waals surface area contributed by atoms with Gasteiger partial charge in [-0.1, -0.05) is 13.8 Å². The number of sulfonamides is 1. The van der Waals surface area contributed by atoms with Crippen LogP contribution >= 0.6 is 0 Å². The van der Waals surface area contributed by atoms with Gasteiger partial charge in [0.15, 0.2) is 17.5 Å². The lowest BCUT2D eigenvalue weighted by Crippen LogP contribution is -2.38. The zero-order valence-electron chi connectivity index (χ0n) is 16.0. The molecule has 0 aliphatic carbocycles. The summed E-state index contributed by atoms with van der Waals surface area (Å²) in [5.41, 5.74) is -0.744. The number of amides is 1. The van der Waals surface area contributed by atoms with Crippen LogP contribution in [0.25, 0.3) is 0 Å². The Morgan fingerprint density at radius 3 is 2.17 bits per heavy atom. The molecule has 0 aliphatic rings. The smallest absolute Gasteiger partial charge is 0.255 e. The molecule has 0 fully saturated rings. The first kappa shape index (κ1) is 23.8. The summed E-state index contributed by atoms with van der Waals surface area (Å²) in [6, 6.07) is 2.67. The molecule has 11 heteroatoms. The predicted octanol–water partition coefficient (Wildman–Crippen LogP) is 3.18. The van der Waals surface area contributed by atoms with E-state index in [1.54, 1.807) is 0 Å². The Morgan fingerprint density at radius 1 is 1.03 bits per heavy atom. The molecule has 0 bridgehead atoms. The molecule has 3 N–H and O–H groups in total. The summed E-state index contributed by atoms with van der Waals surface area (Å²) in [7, 11) is -4.43. The first-order valence-corrected chi connectivity index (χ1v) is 10.3. The van der Waals surface area contributed by atoms with Crippen LogP contribution in [0.2, 0.25) is 0 Å². The molecule has 1 atom stereocenters. The minimum absolute atomic E-state index is 0.0447. The summed E-state index contributed by atoms with van der Waals surface area (Å²) in [6.45, 7) is 3.11. The molecular formula is C19H20F4N2O4S. The van der Waals surface area contributed by atoms with Gasteiger partial charge in [0.2, 0.25) is 10.0 Å². The lowest BCUT2D eigenvalue weighted by Gasteiger charge is -2.18. The van der Waals surface area contributed by atoms with Crippen LogP contribution in [0.4, 0.5) is 23.2 Å². The molecule has 0 aliphatic heterocycles. The Hall–Kier alpha value is -2.50. The summed E-state index contributed by atoms with van der Waals surface area (Å²) in [4.78, 5) is 11.5. The molecule has 30 heavy (non-hydrogen) atoms. The normalized spacial score (nSPS) is 12.8. The Bertz CT molecular complexity index is 1020. The van der Waals surface area contributed by atoms with E-state index < -0.39 is 62.4 Å². The molecule has 0 radical (unpaired) electrons. The molecular weight excluding hydrogens is 428 g/mol. The van der Waals surface area contributed by atoms with Crippen molar-refractivity contribution >= 4 is 21.6 Å². The summed E-state index contributed by atoms with van der Waals surface area (Å²) >= 11 is 0. The SMILES string of the molecule is CC(C)C[C@H](CO)NS(=O)(=O)c1cc(C(=O)Nc2cc(F)c(F)c(F)c2)ccc1F. The minimum Gasteiger partial charge on any atom is -0.395 e. The quantitative estimate of drug-likeness (QED) is 0.427. The summed E-state index contributed by atoms with van der Waals surface area (Å²) in [6.07, 6.45) is 0.291. The second-order valence-corrected chi connectivity index (χ2v) is 8.67. The Morgan fingerprint density at radius 2 is 1.63 bits per heavy atom. The van der Waals surface area contributed by atoms with Crippen molar-refractivity contribution in [2.45, 2.75) is 31.2 Å². The van der Waals surface area contributed by atoms with Crippen molar-refractivity contribution in [3.63, 3.8) is 0 Å². The Labute approximate surface area is 171 Å². The first-order chi connectivity index (χ1) is 13.9. The monoisotopic (exact) mass is 448 g/mol. The molecule has 0 unspecified atom stereocenters. The van der Waals surface area contributed by atoms with Crippen LogP contribution in [0.1, 0.15) is 30.6 Å². The molecule has 6 nitrogen and oxygen atoms in total. The van der Waals surface area contributed by atoms with E-state index in [-0.39, 0.29) is 11.5 Å². The van der Waals surface area contributed by atoms with Crippen molar-refractivity contribution in [1.29, 1.82) is 0 Å². The molecule has 2 rings (SSSR count). The standard InChI is InChI=1S/C19H20F4N2O4S/c1-10(2)5-13(9-26)25-30(28,29)17-6-11(3-4-14(17)20)19(27)24-12-7-15(21)18(23)16(22)8-12/h3-4,6-8,10,13,25-26H,5,9H2,1-2H3,(H,24,27)/t13-/m1/s1. The number of benzene rings is 2. The van der Waals surface area contributed by atoms with Crippen LogP contribution in [0.5, 0.6) is 0 Å². The topological polar surface area (TPSA) is 95.5 Å². The number of halogens is 4. The largest absolute Gasteiger partial charge is 0.395 e. The average molecular weight is 448 g/mol. The second kappa shape index (κ2) is 9.54. The lowest BCUT2D eigenvalue weighted by molar-refractivity contribution is 0.102. The maximum Gasteiger partial charge on any atom is 0.255 e. The number of aliphatic hydroxyl groups is 1. The molecule has 2 aromatic rings. The van der Waals surface area contributed by atoms with E-state index in [9.17, 15) is 35.9 Å². The van der Waals surface area contributed by atoms with E-state index in [2.05, 4.69) is 10.0 Å². The summed E-state index contributed by atoms with van der Waals surface area (Å²) in [5.74, 6) is -6.87. The number of rotatable bonds is 8. The van der Waals surface area contributed by atoms with E-state index in [1.165, 1.54) is 0 Å². The van der Waals surface area contributed by atoms with E-state index >= 15 is 0 Å². The van der Waals surface area contributed by atoms with Gasteiger partial charge in [0.05, 0.1) is 6.61 Å². The highest BCUT2D eigenvalue weighted by Crippen LogP contribution is 2.21. The fourth-order valence-electron chi connectivity index (χ4n) is 2.69. The average Bonchev–Trinajstić information content (AvgIpc) is 2.65. The molecule has 0 saturated carbocycles. The lowest BCUT2D eigenvalue weighted by atomic mass is 10.1. The van der Waals surface area contributed by atoms with Crippen molar-refractivity contribution in [2.24, 2.45) is 5.92 Å². The predicted molar refractivity (Wildman–Crippen MR) is 101 cm³/mol. The van der Waals surface area contributed by atoms with Crippen molar-refractivity contribution in [3.05, 3.63) is 59.2 Å². The molecule has 0 heterocycles. The van der Waals surface area contributed by atoms with Crippen LogP contribution in [-0.2, 0) is 10.0 Å². The number of carbonyl (C=O) groups excluding carboxylic acids is 1. The number of aliphatic hydroxyl groups excluding tert-OH is 1. The summed E-state index contributed by atoms with van der Waals surface area (Å²) in [5, 5.41) is 11.4. The van der Waals surface area contributed by atoms with Crippen LogP contribution in [-0.4, -0.2) is 32.1 Å². The number of anilines is 1. The van der Waals surface area contributed by atoms with Gasteiger partial charge in [-0.15, -0.1) is 0 Å². The number of hydrogen-bond donors (Lipinski definition) is 3. The molecule has 164 valence electrons. The van der Waals surface area contributed by atoms with Crippen LogP contribution in [0.15, 0.2) is 35.2 Å². The number of hydrogen-bond acceptors (Lipinski definition) is 4. The van der Waals surface area contributed by atoms with Gasteiger partial charge in [-0.2, -0.15) is 0 Å². The Kier molecular flexibility index (Phi) is 7.56. The Balaban J connectivity index is 2.30. The van der Waals surface area contributed by atoms with E-state index in [0.29, 0.717) is 18.6 Å². The second-order valence-electron chi connectivity index (χ2n) is 6.98. The van der Waals surface area contributed by atoms with E-state index in [1.807, 2.05) is 13.8 Å². The van der Waals surface area contributed by atoms with Crippen molar-refractivity contribution in [3.8, 4) is 0 Å². The molecule has 0 saturated heterocycles. The third kappa shape index (κ3) is 5.77. The third-order valence-electron chi connectivity index (χ3n) is 4.02. The first-order valence-electron chi connectivity index (χ1n) is 8.83. The molecule has 2 aromatic carbocycles. The van der Waals surface area contributed by atoms with Gasteiger partial charge < -0.3 is 10.4 Å². The molecule has 0 aromatic heterocycles. The van der Waals surface area contributed by atoms with Gasteiger partial charge in [-0.25, -0.2) is 30.7 Å². The zero-order valence-corrected chi connectivity index (χ0v) is 16.9. The fraction of sp³-hybridized carbons (Fsp3) is 0.316. The van der Waals surface area contributed by atoms with E-state index in [4.69, 9.17) is 0 Å². The van der Waals surface area contributed by atoms with Crippen LogP contribution < -0.4 is 10.0 Å². The van der Waals surface area contributed by atoms with Gasteiger partial charge >= 0.3 is 0 Å². The van der Waals surface area contributed by atoms with Crippen molar-refractivity contribution in [2.75, 3.05) is 11.9 Å². The van der Waals surface area contributed by atoms with Crippen molar-refractivity contribution < 1.29 is 35.9 Å². The molecule has 0 spiro atoms.